The zero-order chi connectivity index (χ0) is 25.3. The van der Waals surface area contributed by atoms with Gasteiger partial charge in [0.25, 0.3) is 0 Å². The lowest BCUT2D eigenvalue weighted by Gasteiger charge is -2.29. The summed E-state index contributed by atoms with van der Waals surface area (Å²) >= 11 is 0. The van der Waals surface area contributed by atoms with E-state index < -0.39 is 0 Å². The molecule has 1 heteroatoms. The van der Waals surface area contributed by atoms with Crippen molar-refractivity contribution in [1.82, 2.24) is 0 Å². The highest BCUT2D eigenvalue weighted by Crippen LogP contribution is 2.49. The van der Waals surface area contributed by atoms with E-state index in [0.29, 0.717) is 5.92 Å². The van der Waals surface area contributed by atoms with Gasteiger partial charge >= 0.3 is 0 Å². The number of allylic oxidation sites excluding steroid dienone is 2. The van der Waals surface area contributed by atoms with E-state index in [1.807, 2.05) is 0 Å². The Bertz CT molecular complexity index is 1610. The maximum atomic E-state index is 2.51. The summed E-state index contributed by atoms with van der Waals surface area (Å²) in [6, 6.07) is 48.5. The number of hydrogen-bond acceptors (Lipinski definition) is 1. The fraction of sp³-hybridized carbons (Fsp3) is 0.0811. The van der Waals surface area contributed by atoms with Crippen LogP contribution < -0.4 is 4.90 Å². The number of benzene rings is 5. The fourth-order valence-electron chi connectivity index (χ4n) is 5.96. The molecule has 182 valence electrons. The van der Waals surface area contributed by atoms with Gasteiger partial charge in [-0.25, -0.2) is 0 Å². The van der Waals surface area contributed by atoms with Crippen LogP contribution >= 0.6 is 0 Å². The van der Waals surface area contributed by atoms with Gasteiger partial charge in [0.05, 0.1) is 6.04 Å². The molecule has 0 amide bonds. The first kappa shape index (κ1) is 22.6. The number of hydrogen-bond donors (Lipinski definition) is 0. The van der Waals surface area contributed by atoms with Crippen molar-refractivity contribution in [3.63, 3.8) is 0 Å². The molecular weight excluding hydrogens is 458 g/mol. The lowest BCUT2D eigenvalue weighted by molar-refractivity contribution is 0.747. The van der Waals surface area contributed by atoms with E-state index in [1.165, 1.54) is 50.3 Å². The Morgan fingerprint density at radius 1 is 0.553 bits per heavy atom. The Balaban J connectivity index is 1.24. The molecule has 1 heterocycles. The van der Waals surface area contributed by atoms with Crippen LogP contribution in [0.1, 0.15) is 28.2 Å². The molecule has 0 fully saturated rings. The third-order valence-electron chi connectivity index (χ3n) is 7.82. The van der Waals surface area contributed by atoms with Gasteiger partial charge in [0.15, 0.2) is 0 Å². The van der Waals surface area contributed by atoms with Gasteiger partial charge in [-0.15, -0.1) is 0 Å². The Labute approximate surface area is 225 Å². The summed E-state index contributed by atoms with van der Waals surface area (Å²) in [5, 5.41) is 0. The lowest BCUT2D eigenvalue weighted by atomic mass is 9.85. The van der Waals surface area contributed by atoms with E-state index in [2.05, 4.69) is 157 Å². The van der Waals surface area contributed by atoms with Crippen LogP contribution in [0.15, 0.2) is 152 Å². The summed E-state index contributed by atoms with van der Waals surface area (Å²) in [5.74, 6) is 0.311. The average Bonchev–Trinajstić information content (AvgIpc) is 3.32. The van der Waals surface area contributed by atoms with Crippen molar-refractivity contribution >= 4 is 16.9 Å². The fourth-order valence-corrected chi connectivity index (χ4v) is 5.96. The number of anilines is 2. The van der Waals surface area contributed by atoms with Crippen LogP contribution in [-0.4, -0.2) is 6.04 Å². The smallest absolute Gasteiger partial charge is 0.0630 e. The summed E-state index contributed by atoms with van der Waals surface area (Å²) in [7, 11) is 0. The lowest BCUT2D eigenvalue weighted by Crippen LogP contribution is -2.28. The van der Waals surface area contributed by atoms with Crippen molar-refractivity contribution in [3.05, 3.63) is 174 Å². The predicted molar refractivity (Wildman–Crippen MR) is 160 cm³/mol. The molecular formula is C37H29N. The number of nitrogens with zero attached hydrogens (tertiary/aromatic N) is 1. The van der Waals surface area contributed by atoms with E-state index in [9.17, 15) is 0 Å². The third kappa shape index (κ3) is 4.17. The maximum absolute atomic E-state index is 2.51. The minimum absolute atomic E-state index is 0.278. The topological polar surface area (TPSA) is 3.24 Å². The zero-order valence-corrected chi connectivity index (χ0v) is 21.2. The molecule has 5 aromatic carbocycles. The van der Waals surface area contributed by atoms with Crippen LogP contribution in [-0.2, 0) is 6.42 Å². The molecule has 0 saturated carbocycles. The standard InChI is InChI=1S/C37H29N/c1-4-10-29(11-5-1)31-19-16-27(17-20-31)24-28-18-22-36-34(25-28)35-26-32(30-12-6-2-7-13-30)21-23-37(35)38(36)33-14-8-3-9-15-33/h1-23,25-26,35,37H,24H2. The Hall–Kier alpha value is -4.62. The van der Waals surface area contributed by atoms with Gasteiger partial charge in [0.1, 0.15) is 0 Å². The summed E-state index contributed by atoms with van der Waals surface area (Å²) < 4.78 is 0. The van der Waals surface area contributed by atoms with Crippen molar-refractivity contribution in [2.24, 2.45) is 0 Å². The molecule has 0 aromatic heterocycles. The zero-order valence-electron chi connectivity index (χ0n) is 21.2. The summed E-state index contributed by atoms with van der Waals surface area (Å²) in [5.41, 5.74) is 11.8. The summed E-state index contributed by atoms with van der Waals surface area (Å²) in [6.07, 6.45) is 8.09. The van der Waals surface area contributed by atoms with Crippen LogP contribution in [0.2, 0.25) is 0 Å². The molecule has 1 aliphatic carbocycles. The molecule has 2 aliphatic rings. The summed E-state index contributed by atoms with van der Waals surface area (Å²) in [6.45, 7) is 0. The molecule has 0 N–H and O–H groups in total. The molecule has 2 atom stereocenters. The van der Waals surface area contributed by atoms with Gasteiger partial charge in [-0.1, -0.05) is 133 Å². The van der Waals surface area contributed by atoms with Crippen molar-refractivity contribution in [2.75, 3.05) is 4.90 Å². The Morgan fingerprint density at radius 3 is 1.87 bits per heavy atom. The molecule has 0 saturated heterocycles. The van der Waals surface area contributed by atoms with Crippen LogP contribution in [0.25, 0.3) is 16.7 Å². The number of fused-ring (bicyclic) bond motifs is 3. The monoisotopic (exact) mass is 487 g/mol. The highest BCUT2D eigenvalue weighted by Gasteiger charge is 2.38. The minimum Gasteiger partial charge on any atom is -0.333 e. The minimum atomic E-state index is 0.278. The maximum Gasteiger partial charge on any atom is 0.0630 e. The number of rotatable bonds is 5. The van der Waals surface area contributed by atoms with Crippen molar-refractivity contribution in [1.29, 1.82) is 0 Å². The Kier molecular flexibility index (Phi) is 5.75. The average molecular weight is 488 g/mol. The van der Waals surface area contributed by atoms with E-state index in [0.717, 1.165) is 6.42 Å². The van der Waals surface area contributed by atoms with Gasteiger partial charge < -0.3 is 4.90 Å². The molecule has 38 heavy (non-hydrogen) atoms. The number of para-hydroxylation sites is 1. The van der Waals surface area contributed by atoms with Gasteiger partial charge in [0, 0.05) is 17.3 Å². The second-order valence-electron chi connectivity index (χ2n) is 10.2. The van der Waals surface area contributed by atoms with Gasteiger partial charge in [-0.2, -0.15) is 0 Å². The van der Waals surface area contributed by atoms with Crippen molar-refractivity contribution < 1.29 is 0 Å². The van der Waals surface area contributed by atoms with Crippen molar-refractivity contribution in [2.45, 2.75) is 18.4 Å². The molecule has 2 unspecified atom stereocenters. The summed E-state index contributed by atoms with van der Waals surface area (Å²) in [4.78, 5) is 2.51. The van der Waals surface area contributed by atoms with Gasteiger partial charge in [-0.05, 0) is 63.6 Å². The normalized spacial score (nSPS) is 17.6. The molecule has 5 aromatic rings. The SMILES string of the molecule is C1=CC2C(C=C1c1ccccc1)c1cc(Cc3ccc(-c4ccccc4)cc3)ccc1N2c1ccccc1. The Morgan fingerprint density at radius 2 is 1.16 bits per heavy atom. The molecule has 1 nitrogen and oxygen atoms in total. The first-order valence-electron chi connectivity index (χ1n) is 13.4. The predicted octanol–water partition coefficient (Wildman–Crippen LogP) is 9.20. The van der Waals surface area contributed by atoms with E-state index in [-0.39, 0.29) is 6.04 Å². The third-order valence-corrected chi connectivity index (χ3v) is 7.82. The van der Waals surface area contributed by atoms with Gasteiger partial charge in [-0.3, -0.25) is 0 Å². The van der Waals surface area contributed by atoms with Crippen LogP contribution in [0, 0.1) is 0 Å². The van der Waals surface area contributed by atoms with E-state index in [1.54, 1.807) is 0 Å². The largest absolute Gasteiger partial charge is 0.333 e. The van der Waals surface area contributed by atoms with Crippen LogP contribution in [0.4, 0.5) is 11.4 Å². The van der Waals surface area contributed by atoms with E-state index >= 15 is 0 Å². The first-order valence-corrected chi connectivity index (χ1v) is 13.4. The van der Waals surface area contributed by atoms with Crippen LogP contribution in [0.5, 0.6) is 0 Å². The second kappa shape index (κ2) is 9.68. The first-order chi connectivity index (χ1) is 18.8. The molecule has 0 bridgehead atoms. The molecule has 1 aliphatic heterocycles. The second-order valence-corrected chi connectivity index (χ2v) is 10.2. The van der Waals surface area contributed by atoms with Gasteiger partial charge in [0.2, 0.25) is 0 Å². The highest BCUT2D eigenvalue weighted by molar-refractivity contribution is 5.82. The van der Waals surface area contributed by atoms with E-state index in [4.69, 9.17) is 0 Å². The highest BCUT2D eigenvalue weighted by atomic mass is 15.2. The molecule has 0 radical (unpaired) electrons. The van der Waals surface area contributed by atoms with Crippen LogP contribution in [0.3, 0.4) is 0 Å². The van der Waals surface area contributed by atoms with Crippen molar-refractivity contribution in [3.8, 4) is 11.1 Å². The quantitative estimate of drug-likeness (QED) is 0.239. The molecule has 7 rings (SSSR count). The molecule has 0 spiro atoms.